The van der Waals surface area contributed by atoms with E-state index in [2.05, 4.69) is 20.7 Å². The maximum absolute atomic E-state index is 12.1. The van der Waals surface area contributed by atoms with E-state index in [-0.39, 0.29) is 11.8 Å². The van der Waals surface area contributed by atoms with Crippen molar-refractivity contribution in [1.82, 2.24) is 19.7 Å². The van der Waals surface area contributed by atoms with Gasteiger partial charge >= 0.3 is 0 Å². The molecular formula is C16H22N6O2. The van der Waals surface area contributed by atoms with Gasteiger partial charge in [0.15, 0.2) is 0 Å². The lowest BCUT2D eigenvalue weighted by molar-refractivity contribution is -0.117. The molecule has 0 aliphatic carbocycles. The number of rotatable bonds is 8. The lowest BCUT2D eigenvalue weighted by Crippen LogP contribution is -2.35. The minimum absolute atomic E-state index is 0.0808. The predicted molar refractivity (Wildman–Crippen MR) is 91.5 cm³/mol. The lowest BCUT2D eigenvalue weighted by atomic mass is 10.2. The van der Waals surface area contributed by atoms with Gasteiger partial charge in [-0.05, 0) is 30.8 Å². The third-order valence-electron chi connectivity index (χ3n) is 3.42. The Morgan fingerprint density at radius 2 is 1.83 bits per heavy atom. The molecule has 0 radical (unpaired) electrons. The number of nitrogens with zero attached hydrogens (tertiary/aromatic N) is 4. The number of amides is 2. The molecule has 24 heavy (non-hydrogen) atoms. The first-order chi connectivity index (χ1) is 11.6. The molecule has 0 aliphatic rings. The van der Waals surface area contributed by atoms with Gasteiger partial charge in [0.1, 0.15) is 12.7 Å². The number of hydrogen-bond donors (Lipinski definition) is 2. The third-order valence-corrected chi connectivity index (χ3v) is 3.42. The molecule has 0 aliphatic heterocycles. The fraction of sp³-hybridized carbons (Fsp3) is 0.375. The van der Waals surface area contributed by atoms with Crippen LogP contribution in [-0.4, -0.2) is 51.1 Å². The molecule has 1 aromatic heterocycles. The molecule has 0 saturated carbocycles. The fourth-order valence-electron chi connectivity index (χ4n) is 2.18. The van der Waals surface area contributed by atoms with Crippen LogP contribution in [0.2, 0.25) is 0 Å². The second kappa shape index (κ2) is 8.78. The largest absolute Gasteiger partial charge is 0.326 e. The average Bonchev–Trinajstić information content (AvgIpc) is 3.06. The first-order valence-corrected chi connectivity index (χ1v) is 7.79. The van der Waals surface area contributed by atoms with E-state index in [1.165, 1.54) is 13.3 Å². The van der Waals surface area contributed by atoms with Crippen LogP contribution in [0.25, 0.3) is 0 Å². The smallest absolute Gasteiger partial charge is 0.238 e. The first kappa shape index (κ1) is 17.6. The van der Waals surface area contributed by atoms with Crippen LogP contribution >= 0.6 is 0 Å². The van der Waals surface area contributed by atoms with Gasteiger partial charge in [-0.2, -0.15) is 5.10 Å². The molecule has 128 valence electrons. The Labute approximate surface area is 140 Å². The summed E-state index contributed by atoms with van der Waals surface area (Å²) in [5.41, 5.74) is 1.39. The molecule has 0 unspecified atom stereocenters. The van der Waals surface area contributed by atoms with Crippen molar-refractivity contribution < 1.29 is 9.59 Å². The maximum atomic E-state index is 12.1. The Hall–Kier alpha value is -2.74. The Morgan fingerprint density at radius 3 is 2.38 bits per heavy atom. The zero-order chi connectivity index (χ0) is 17.4. The van der Waals surface area contributed by atoms with Crippen LogP contribution in [0.15, 0.2) is 36.9 Å². The van der Waals surface area contributed by atoms with Gasteiger partial charge < -0.3 is 10.6 Å². The van der Waals surface area contributed by atoms with E-state index in [1.807, 2.05) is 11.8 Å². The molecule has 8 heteroatoms. The Morgan fingerprint density at radius 1 is 1.17 bits per heavy atom. The highest BCUT2D eigenvalue weighted by Gasteiger charge is 2.09. The van der Waals surface area contributed by atoms with Crippen molar-refractivity contribution in [3.63, 3.8) is 0 Å². The highest BCUT2D eigenvalue weighted by Crippen LogP contribution is 2.13. The summed E-state index contributed by atoms with van der Waals surface area (Å²) in [6.07, 6.45) is 3.15. The molecule has 2 rings (SSSR count). The van der Waals surface area contributed by atoms with Crippen LogP contribution in [0, 0.1) is 0 Å². The summed E-state index contributed by atoms with van der Waals surface area (Å²) in [6.45, 7) is 5.94. The standard InChI is InChI=1S/C16H22N6O2/c1-3-21(8-9-22-12-17-11-18-22)10-16(24)20-15-6-4-14(5-7-15)19-13(2)23/h4-7,11-12H,3,8-10H2,1-2H3,(H,19,23)(H,20,24). The molecule has 2 aromatic rings. The summed E-state index contributed by atoms with van der Waals surface area (Å²) in [5, 5.41) is 9.58. The quantitative estimate of drug-likeness (QED) is 0.759. The van der Waals surface area contributed by atoms with E-state index in [0.29, 0.717) is 24.5 Å². The fourth-order valence-corrected chi connectivity index (χ4v) is 2.18. The number of benzene rings is 1. The molecular weight excluding hydrogens is 308 g/mol. The SMILES string of the molecule is CCN(CCn1cncn1)CC(=O)Nc1ccc(NC(C)=O)cc1. The summed E-state index contributed by atoms with van der Waals surface area (Å²) in [4.78, 5) is 29.1. The summed E-state index contributed by atoms with van der Waals surface area (Å²) in [7, 11) is 0. The summed E-state index contributed by atoms with van der Waals surface area (Å²) >= 11 is 0. The van der Waals surface area contributed by atoms with Gasteiger partial charge in [-0.15, -0.1) is 0 Å². The van der Waals surface area contributed by atoms with Crippen LogP contribution in [0.4, 0.5) is 11.4 Å². The van der Waals surface area contributed by atoms with Crippen molar-refractivity contribution >= 4 is 23.2 Å². The van der Waals surface area contributed by atoms with Gasteiger partial charge in [-0.25, -0.2) is 4.98 Å². The molecule has 0 spiro atoms. The van der Waals surface area contributed by atoms with Crippen LogP contribution in [0.5, 0.6) is 0 Å². The van der Waals surface area contributed by atoms with Crippen molar-refractivity contribution in [3.8, 4) is 0 Å². The Balaban J connectivity index is 1.81. The number of nitrogens with one attached hydrogen (secondary N) is 2. The topological polar surface area (TPSA) is 92.2 Å². The molecule has 0 bridgehead atoms. The second-order valence-electron chi connectivity index (χ2n) is 5.33. The number of aromatic nitrogens is 3. The average molecular weight is 330 g/mol. The zero-order valence-corrected chi connectivity index (χ0v) is 13.9. The zero-order valence-electron chi connectivity index (χ0n) is 13.9. The molecule has 2 N–H and O–H groups in total. The van der Waals surface area contributed by atoms with E-state index in [9.17, 15) is 9.59 Å². The van der Waals surface area contributed by atoms with Crippen LogP contribution in [0.1, 0.15) is 13.8 Å². The molecule has 0 saturated heterocycles. The number of hydrogen-bond acceptors (Lipinski definition) is 5. The van der Waals surface area contributed by atoms with E-state index < -0.39 is 0 Å². The van der Waals surface area contributed by atoms with Crippen molar-refractivity contribution in [3.05, 3.63) is 36.9 Å². The predicted octanol–water partition coefficient (Wildman–Crippen LogP) is 1.20. The number of anilines is 2. The minimum Gasteiger partial charge on any atom is -0.326 e. The first-order valence-electron chi connectivity index (χ1n) is 7.79. The summed E-state index contributed by atoms with van der Waals surface area (Å²) in [5.74, 6) is -0.208. The van der Waals surface area contributed by atoms with Gasteiger partial charge in [0, 0.05) is 24.8 Å². The van der Waals surface area contributed by atoms with Crippen molar-refractivity contribution in [2.45, 2.75) is 20.4 Å². The van der Waals surface area contributed by atoms with E-state index >= 15 is 0 Å². The molecule has 1 aromatic carbocycles. The van der Waals surface area contributed by atoms with Crippen molar-refractivity contribution in [1.29, 1.82) is 0 Å². The van der Waals surface area contributed by atoms with Gasteiger partial charge in [0.05, 0.1) is 13.1 Å². The van der Waals surface area contributed by atoms with E-state index in [0.717, 1.165) is 13.1 Å². The number of carbonyl (C=O) groups excluding carboxylic acids is 2. The molecule has 1 heterocycles. The third kappa shape index (κ3) is 5.81. The number of carbonyl (C=O) groups is 2. The van der Waals surface area contributed by atoms with Crippen LogP contribution < -0.4 is 10.6 Å². The second-order valence-corrected chi connectivity index (χ2v) is 5.33. The monoisotopic (exact) mass is 330 g/mol. The summed E-state index contributed by atoms with van der Waals surface area (Å²) < 4.78 is 1.74. The molecule has 8 nitrogen and oxygen atoms in total. The van der Waals surface area contributed by atoms with E-state index in [1.54, 1.807) is 35.3 Å². The Bertz CT molecular complexity index is 654. The van der Waals surface area contributed by atoms with Crippen LogP contribution in [-0.2, 0) is 16.1 Å². The van der Waals surface area contributed by atoms with Crippen molar-refractivity contribution in [2.24, 2.45) is 0 Å². The molecule has 2 amide bonds. The molecule has 0 atom stereocenters. The van der Waals surface area contributed by atoms with Gasteiger partial charge in [-0.1, -0.05) is 6.92 Å². The van der Waals surface area contributed by atoms with Gasteiger partial charge in [0.2, 0.25) is 11.8 Å². The summed E-state index contributed by atoms with van der Waals surface area (Å²) in [6, 6.07) is 7.02. The highest BCUT2D eigenvalue weighted by atomic mass is 16.2. The van der Waals surface area contributed by atoms with E-state index in [4.69, 9.17) is 0 Å². The highest BCUT2D eigenvalue weighted by molar-refractivity contribution is 5.93. The lowest BCUT2D eigenvalue weighted by Gasteiger charge is -2.19. The van der Waals surface area contributed by atoms with Crippen LogP contribution in [0.3, 0.4) is 0 Å². The molecule has 0 fully saturated rings. The normalized spacial score (nSPS) is 10.6. The minimum atomic E-state index is -0.127. The van der Waals surface area contributed by atoms with Crippen molar-refractivity contribution in [2.75, 3.05) is 30.3 Å². The Kier molecular flexibility index (Phi) is 6.44. The maximum Gasteiger partial charge on any atom is 0.238 e. The van der Waals surface area contributed by atoms with Gasteiger partial charge in [0.25, 0.3) is 0 Å². The number of likely N-dealkylation sites (N-methyl/N-ethyl adjacent to an activating group) is 1. The van der Waals surface area contributed by atoms with Gasteiger partial charge in [-0.3, -0.25) is 19.2 Å².